The van der Waals surface area contributed by atoms with Gasteiger partial charge in [-0.15, -0.1) is 0 Å². The van der Waals surface area contributed by atoms with Crippen LogP contribution in [0.2, 0.25) is 0 Å². The second kappa shape index (κ2) is 8.48. The van der Waals surface area contributed by atoms with Crippen LogP contribution in [0.5, 0.6) is 11.5 Å². The Kier molecular flexibility index (Phi) is 5.43. The number of methoxy groups -OCH3 is 1. The zero-order chi connectivity index (χ0) is 20.9. The van der Waals surface area contributed by atoms with Crippen molar-refractivity contribution in [3.63, 3.8) is 0 Å². The van der Waals surface area contributed by atoms with Gasteiger partial charge in [0.05, 0.1) is 13.4 Å². The van der Waals surface area contributed by atoms with Gasteiger partial charge in [-0.3, -0.25) is 4.79 Å². The predicted molar refractivity (Wildman–Crippen MR) is 109 cm³/mol. The van der Waals surface area contributed by atoms with Gasteiger partial charge >= 0.3 is 5.97 Å². The average molecular weight is 403 g/mol. The fraction of sp³-hybridized carbons (Fsp3) is 0.0870. The number of aliphatic imine (C=N–C) groups is 1. The molecule has 0 fully saturated rings. The molecule has 0 atom stereocenters. The summed E-state index contributed by atoms with van der Waals surface area (Å²) in [4.78, 5) is 28.5. The Morgan fingerprint density at radius 3 is 2.63 bits per heavy atom. The molecule has 0 amide bonds. The first kappa shape index (κ1) is 19.2. The molecule has 4 rings (SSSR count). The monoisotopic (exact) mass is 403 g/mol. The Morgan fingerprint density at radius 2 is 1.90 bits per heavy atom. The fourth-order valence-corrected chi connectivity index (χ4v) is 2.82. The summed E-state index contributed by atoms with van der Waals surface area (Å²) in [5.74, 6) is 0.606. The Hall–Kier alpha value is -4.13. The van der Waals surface area contributed by atoms with Crippen LogP contribution in [0, 0.1) is 0 Å². The van der Waals surface area contributed by atoms with E-state index < -0.39 is 5.97 Å². The van der Waals surface area contributed by atoms with E-state index in [-0.39, 0.29) is 24.0 Å². The first-order chi connectivity index (χ1) is 14.6. The van der Waals surface area contributed by atoms with E-state index >= 15 is 0 Å². The lowest BCUT2D eigenvalue weighted by atomic mass is 10.1. The highest BCUT2D eigenvalue weighted by molar-refractivity contribution is 6.11. The number of carbonyl (C=O) groups is 2. The Bertz CT molecular complexity index is 1130. The number of rotatable bonds is 7. The smallest absolute Gasteiger partial charge is 0.363 e. The summed E-state index contributed by atoms with van der Waals surface area (Å²) in [6.45, 7) is -0.121. The van der Waals surface area contributed by atoms with E-state index in [0.29, 0.717) is 28.4 Å². The number of hydrogen-bond donors (Lipinski definition) is 0. The number of ether oxygens (including phenoxy) is 3. The molecule has 0 saturated heterocycles. The van der Waals surface area contributed by atoms with Crippen molar-refractivity contribution < 1.29 is 28.2 Å². The minimum atomic E-state index is -0.575. The summed E-state index contributed by atoms with van der Waals surface area (Å²) >= 11 is 0. The third-order valence-electron chi connectivity index (χ3n) is 4.30. The maximum Gasteiger partial charge on any atom is 0.363 e. The van der Waals surface area contributed by atoms with Gasteiger partial charge in [-0.25, -0.2) is 9.79 Å². The number of ketones is 1. The zero-order valence-corrected chi connectivity index (χ0v) is 16.0. The largest absolute Gasteiger partial charge is 0.493 e. The Labute approximate surface area is 172 Å². The van der Waals surface area contributed by atoms with Gasteiger partial charge in [0.15, 0.2) is 35.3 Å². The third-order valence-corrected chi connectivity index (χ3v) is 4.30. The molecule has 30 heavy (non-hydrogen) atoms. The number of hydrogen-bond acceptors (Lipinski definition) is 7. The molecule has 0 bridgehead atoms. The molecule has 2 heterocycles. The average Bonchev–Trinajstić information content (AvgIpc) is 3.43. The molecule has 7 nitrogen and oxygen atoms in total. The van der Waals surface area contributed by atoms with E-state index in [9.17, 15) is 9.59 Å². The van der Waals surface area contributed by atoms with Crippen molar-refractivity contribution in [2.24, 2.45) is 4.99 Å². The summed E-state index contributed by atoms with van der Waals surface area (Å²) in [6, 6.07) is 17.3. The first-order valence-electron chi connectivity index (χ1n) is 9.09. The van der Waals surface area contributed by atoms with Crippen molar-refractivity contribution in [2.45, 2.75) is 0 Å². The van der Waals surface area contributed by atoms with Crippen molar-refractivity contribution in [3.8, 4) is 11.5 Å². The molecule has 3 aromatic rings. The summed E-state index contributed by atoms with van der Waals surface area (Å²) in [7, 11) is 1.50. The number of esters is 1. The number of Topliss-reactive ketones (excluding diaryl/α,β-unsaturated/α-hetero) is 1. The normalized spacial score (nSPS) is 14.4. The number of nitrogens with zero attached hydrogens (tertiary/aromatic N) is 1. The first-order valence-corrected chi connectivity index (χ1v) is 9.09. The standard InChI is InChI=1S/C23H17NO6/c1-27-21-13-15(12-17-23(26)30-22(24-17)20-8-5-11-28-20)9-10-19(21)29-14-18(25)16-6-3-2-4-7-16/h2-13H,14H2,1H3/b17-12-. The predicted octanol–water partition coefficient (Wildman–Crippen LogP) is 3.89. The molecule has 1 aromatic heterocycles. The van der Waals surface area contributed by atoms with Crippen LogP contribution in [-0.4, -0.2) is 31.4 Å². The van der Waals surface area contributed by atoms with Crippen LogP contribution in [0.1, 0.15) is 21.7 Å². The highest BCUT2D eigenvalue weighted by atomic mass is 16.6. The van der Waals surface area contributed by atoms with E-state index in [1.54, 1.807) is 60.7 Å². The zero-order valence-electron chi connectivity index (χ0n) is 16.0. The Morgan fingerprint density at radius 1 is 1.07 bits per heavy atom. The van der Waals surface area contributed by atoms with Gasteiger partial charge in [0.25, 0.3) is 5.90 Å². The van der Waals surface area contributed by atoms with Crippen LogP contribution in [-0.2, 0) is 9.53 Å². The van der Waals surface area contributed by atoms with E-state index in [1.165, 1.54) is 13.4 Å². The molecule has 0 spiro atoms. The van der Waals surface area contributed by atoms with E-state index in [4.69, 9.17) is 18.6 Å². The Balaban J connectivity index is 1.50. The molecule has 7 heteroatoms. The molecule has 0 saturated carbocycles. The lowest BCUT2D eigenvalue weighted by molar-refractivity contribution is -0.130. The van der Waals surface area contributed by atoms with Gasteiger partial charge in [0.2, 0.25) is 0 Å². The SMILES string of the molecule is COc1cc(/C=C2\N=C(c3ccco3)OC2=O)ccc1OCC(=O)c1ccccc1. The van der Waals surface area contributed by atoms with Crippen molar-refractivity contribution in [2.75, 3.05) is 13.7 Å². The lowest BCUT2D eigenvalue weighted by Gasteiger charge is -2.11. The molecule has 150 valence electrons. The van der Waals surface area contributed by atoms with Gasteiger partial charge < -0.3 is 18.6 Å². The molecule has 1 aliphatic heterocycles. The van der Waals surface area contributed by atoms with Crippen molar-refractivity contribution in [1.29, 1.82) is 0 Å². The number of cyclic esters (lactones) is 1. The van der Waals surface area contributed by atoms with Crippen LogP contribution in [0.25, 0.3) is 6.08 Å². The maximum atomic E-state index is 12.2. The van der Waals surface area contributed by atoms with Crippen LogP contribution in [0.15, 0.2) is 82.0 Å². The van der Waals surface area contributed by atoms with Crippen molar-refractivity contribution in [3.05, 3.63) is 89.5 Å². The summed E-state index contributed by atoms with van der Waals surface area (Å²) < 4.78 is 21.3. The highest BCUT2D eigenvalue weighted by Gasteiger charge is 2.25. The van der Waals surface area contributed by atoms with E-state index in [2.05, 4.69) is 4.99 Å². The second-order valence-electron chi connectivity index (χ2n) is 6.30. The molecular formula is C23H17NO6. The van der Waals surface area contributed by atoms with Gasteiger partial charge in [-0.1, -0.05) is 36.4 Å². The number of benzene rings is 2. The summed E-state index contributed by atoms with van der Waals surface area (Å²) in [6.07, 6.45) is 3.04. The highest BCUT2D eigenvalue weighted by Crippen LogP contribution is 2.30. The number of furan rings is 1. The molecule has 0 unspecified atom stereocenters. The molecule has 0 N–H and O–H groups in total. The van der Waals surface area contributed by atoms with Crippen LogP contribution < -0.4 is 9.47 Å². The summed E-state index contributed by atoms with van der Waals surface area (Å²) in [5.41, 5.74) is 1.36. The van der Waals surface area contributed by atoms with Crippen molar-refractivity contribution >= 4 is 23.7 Å². The molecule has 0 aliphatic carbocycles. The van der Waals surface area contributed by atoms with Gasteiger partial charge in [-0.2, -0.15) is 0 Å². The molecular weight excluding hydrogens is 386 g/mol. The maximum absolute atomic E-state index is 12.2. The molecule has 1 aliphatic rings. The topological polar surface area (TPSA) is 87.3 Å². The molecule has 2 aromatic carbocycles. The minimum Gasteiger partial charge on any atom is -0.493 e. The van der Waals surface area contributed by atoms with Crippen LogP contribution in [0.4, 0.5) is 0 Å². The van der Waals surface area contributed by atoms with E-state index in [0.717, 1.165) is 0 Å². The van der Waals surface area contributed by atoms with Gasteiger partial charge in [-0.05, 0) is 35.9 Å². The lowest BCUT2D eigenvalue weighted by Crippen LogP contribution is -2.11. The third kappa shape index (κ3) is 4.15. The van der Waals surface area contributed by atoms with Crippen molar-refractivity contribution in [1.82, 2.24) is 0 Å². The second-order valence-corrected chi connectivity index (χ2v) is 6.30. The van der Waals surface area contributed by atoms with Crippen LogP contribution >= 0.6 is 0 Å². The molecule has 0 radical (unpaired) electrons. The number of carbonyl (C=O) groups excluding carboxylic acids is 2. The van der Waals surface area contributed by atoms with Gasteiger partial charge in [0, 0.05) is 5.56 Å². The van der Waals surface area contributed by atoms with E-state index in [1.807, 2.05) is 6.07 Å². The fourth-order valence-electron chi connectivity index (χ4n) is 2.82. The summed E-state index contributed by atoms with van der Waals surface area (Å²) in [5, 5.41) is 0. The quantitative estimate of drug-likeness (QED) is 0.338. The minimum absolute atomic E-state index is 0.114. The van der Waals surface area contributed by atoms with Crippen LogP contribution in [0.3, 0.4) is 0 Å². The van der Waals surface area contributed by atoms with Gasteiger partial charge in [0.1, 0.15) is 0 Å².